The first kappa shape index (κ1) is 35.4. The molecule has 0 amide bonds. The third kappa shape index (κ3) is 9.68. The molecular formula is C34H40F3N2O3PS. The number of nitrogens with zero attached hydrogens (tertiary/aromatic N) is 1. The van der Waals surface area contributed by atoms with Gasteiger partial charge in [0.25, 0.3) is 0 Å². The van der Waals surface area contributed by atoms with Crippen LogP contribution in [0.25, 0.3) is 22.0 Å². The van der Waals surface area contributed by atoms with Crippen LogP contribution in [-0.2, 0) is 28.3 Å². The number of carbonyl (C=O) groups excluding carboxylic acids is 1. The molecule has 1 aromatic heterocycles. The van der Waals surface area contributed by atoms with Crippen LogP contribution in [0.1, 0.15) is 62.7 Å². The summed E-state index contributed by atoms with van der Waals surface area (Å²) in [7, 11) is 2.98. The fourth-order valence-corrected chi connectivity index (χ4v) is 5.41. The van der Waals surface area contributed by atoms with Crippen LogP contribution in [0.4, 0.5) is 18.9 Å². The van der Waals surface area contributed by atoms with E-state index in [4.69, 9.17) is 4.74 Å². The van der Waals surface area contributed by atoms with Crippen molar-refractivity contribution in [3.8, 4) is 11.1 Å². The Morgan fingerprint density at radius 1 is 1.02 bits per heavy atom. The van der Waals surface area contributed by atoms with Crippen molar-refractivity contribution >= 4 is 47.9 Å². The molecule has 5 nitrogen and oxygen atoms in total. The van der Waals surface area contributed by atoms with Gasteiger partial charge in [0, 0.05) is 26.0 Å². The molecule has 0 radical (unpaired) electrons. The van der Waals surface area contributed by atoms with Crippen molar-refractivity contribution < 1.29 is 26.9 Å². The van der Waals surface area contributed by atoms with Gasteiger partial charge in [-0.25, -0.2) is 9.19 Å². The molecule has 3 aromatic carbocycles. The Hall–Kier alpha value is -3.13. The topological polar surface area (TPSA) is 68.3 Å². The predicted octanol–water partition coefficient (Wildman–Crippen LogP) is 8.40. The van der Waals surface area contributed by atoms with Gasteiger partial charge in [-0.3, -0.25) is 4.79 Å². The highest BCUT2D eigenvalue weighted by Crippen LogP contribution is 2.34. The van der Waals surface area contributed by atoms with Crippen LogP contribution in [0.5, 0.6) is 0 Å². The molecule has 0 saturated carbocycles. The van der Waals surface area contributed by atoms with E-state index >= 15 is 0 Å². The Balaban J connectivity index is 0.000000340. The van der Waals surface area contributed by atoms with E-state index in [0.717, 1.165) is 25.2 Å². The normalized spacial score (nSPS) is 13.1. The monoisotopic (exact) mass is 644 g/mol. The SMILES string of the molecule is CCC(C)(C)S(=O)Nc1cc(C(C)=O)nc2ccc(-c3cccc(C(F)(F)F)c3)cc12.COCC(C)Cc1ccc(P)cc1. The number of rotatable bonds is 10. The second-order valence-electron chi connectivity index (χ2n) is 11.4. The number of halogens is 3. The lowest BCUT2D eigenvalue weighted by atomic mass is 10.00. The largest absolute Gasteiger partial charge is 0.416 e. The molecular weight excluding hydrogens is 604 g/mol. The fraction of sp³-hybridized carbons (Fsp3) is 0.353. The zero-order valence-corrected chi connectivity index (χ0v) is 27.9. The van der Waals surface area contributed by atoms with Crippen LogP contribution in [0, 0.1) is 5.92 Å². The van der Waals surface area contributed by atoms with Crippen molar-refractivity contribution in [2.24, 2.45) is 5.92 Å². The minimum Gasteiger partial charge on any atom is -0.384 e. The molecule has 10 heteroatoms. The van der Waals surface area contributed by atoms with E-state index in [1.807, 2.05) is 20.8 Å². The van der Waals surface area contributed by atoms with E-state index in [9.17, 15) is 22.2 Å². The van der Waals surface area contributed by atoms with Crippen molar-refractivity contribution in [1.82, 2.24) is 4.98 Å². The Bertz CT molecular complexity index is 1610. The summed E-state index contributed by atoms with van der Waals surface area (Å²) in [5, 5.41) is 1.81. The molecule has 4 rings (SSSR count). The van der Waals surface area contributed by atoms with Gasteiger partial charge in [-0.15, -0.1) is 9.24 Å². The number of hydrogen-bond acceptors (Lipinski definition) is 4. The first-order valence-electron chi connectivity index (χ1n) is 14.3. The Morgan fingerprint density at radius 3 is 2.27 bits per heavy atom. The number of anilines is 1. The molecule has 236 valence electrons. The zero-order valence-electron chi connectivity index (χ0n) is 25.9. The fourth-order valence-electron chi connectivity index (χ4n) is 4.31. The molecule has 3 unspecified atom stereocenters. The van der Waals surface area contributed by atoms with Gasteiger partial charge in [0.1, 0.15) is 16.7 Å². The van der Waals surface area contributed by atoms with Gasteiger partial charge in [-0.05, 0) is 84.9 Å². The number of Topliss-reactive ketones (excluding diaryl/α,β-unsaturated/α-hetero) is 1. The Labute approximate surface area is 262 Å². The standard InChI is InChI=1S/C23H23F3N2O2S.C11H17OP/c1-5-22(3,4)31(30)28-21-13-20(14(2)29)27-19-10-9-16(12-18(19)21)15-7-6-8-17(11-15)23(24,25)26;1-9(8-12-2)7-10-3-5-11(13)6-4-10/h6-13H,5H2,1-4H3,(H,27,28);3-6,9H,7-8,13H2,1-2H3. The third-order valence-corrected chi connectivity index (χ3v) is 9.35. The summed E-state index contributed by atoms with van der Waals surface area (Å²) in [5.41, 5.74) is 2.75. The van der Waals surface area contributed by atoms with Crippen molar-refractivity contribution in [2.45, 2.75) is 58.4 Å². The molecule has 44 heavy (non-hydrogen) atoms. The van der Waals surface area contributed by atoms with Crippen LogP contribution < -0.4 is 10.0 Å². The molecule has 0 aliphatic heterocycles. The molecule has 1 N–H and O–H groups in total. The Morgan fingerprint density at radius 2 is 1.68 bits per heavy atom. The Kier molecular flexibility index (Phi) is 12.2. The summed E-state index contributed by atoms with van der Waals surface area (Å²) in [6, 6.07) is 20.2. The van der Waals surface area contributed by atoms with E-state index in [1.54, 1.807) is 31.4 Å². The van der Waals surface area contributed by atoms with Gasteiger partial charge < -0.3 is 9.46 Å². The van der Waals surface area contributed by atoms with Crippen molar-refractivity contribution in [1.29, 1.82) is 0 Å². The number of nitrogens with one attached hydrogen (secondary N) is 1. The van der Waals surface area contributed by atoms with Crippen molar-refractivity contribution in [2.75, 3.05) is 18.4 Å². The molecule has 0 aliphatic carbocycles. The second kappa shape index (κ2) is 15.2. The molecule has 3 atom stereocenters. The zero-order chi connectivity index (χ0) is 32.7. The summed E-state index contributed by atoms with van der Waals surface area (Å²) in [6.45, 7) is 10.1. The highest BCUT2D eigenvalue weighted by molar-refractivity contribution is 7.87. The summed E-state index contributed by atoms with van der Waals surface area (Å²) in [6.07, 6.45) is -2.69. The second-order valence-corrected chi connectivity index (χ2v) is 13.9. The number of pyridine rings is 1. The van der Waals surface area contributed by atoms with E-state index in [-0.39, 0.29) is 11.5 Å². The number of fused-ring (bicyclic) bond motifs is 1. The lowest BCUT2D eigenvalue weighted by molar-refractivity contribution is -0.137. The maximum absolute atomic E-state index is 13.1. The average Bonchev–Trinajstić information content (AvgIpc) is 2.98. The molecule has 0 saturated heterocycles. The van der Waals surface area contributed by atoms with Crippen LogP contribution in [0.3, 0.4) is 0 Å². The van der Waals surface area contributed by atoms with E-state index < -0.39 is 27.5 Å². The average molecular weight is 645 g/mol. The van der Waals surface area contributed by atoms with Crippen LogP contribution in [-0.4, -0.2) is 33.4 Å². The highest BCUT2D eigenvalue weighted by atomic mass is 32.2. The molecule has 1 heterocycles. The van der Waals surface area contributed by atoms with Gasteiger partial charge in [-0.1, -0.05) is 56.3 Å². The van der Waals surface area contributed by atoms with Crippen LogP contribution in [0.15, 0.2) is 72.8 Å². The lowest BCUT2D eigenvalue weighted by Gasteiger charge is -2.23. The first-order valence-corrected chi connectivity index (χ1v) is 16.0. The maximum Gasteiger partial charge on any atom is 0.416 e. The molecule has 4 aromatic rings. The van der Waals surface area contributed by atoms with Gasteiger partial charge in [-0.2, -0.15) is 13.2 Å². The minimum absolute atomic E-state index is 0.216. The smallest absolute Gasteiger partial charge is 0.384 e. The van der Waals surface area contributed by atoms with Crippen molar-refractivity contribution in [3.63, 3.8) is 0 Å². The number of benzene rings is 3. The summed E-state index contributed by atoms with van der Waals surface area (Å²) >= 11 is 0. The van der Waals surface area contributed by atoms with Crippen LogP contribution in [0.2, 0.25) is 0 Å². The highest BCUT2D eigenvalue weighted by Gasteiger charge is 2.30. The van der Waals surface area contributed by atoms with Crippen molar-refractivity contribution in [3.05, 3.63) is 89.6 Å². The molecule has 0 fully saturated rings. The third-order valence-electron chi connectivity index (χ3n) is 7.26. The number of aromatic nitrogens is 1. The van der Waals surface area contributed by atoms with Gasteiger partial charge in [0.15, 0.2) is 5.78 Å². The molecule has 0 spiro atoms. The minimum atomic E-state index is -4.44. The summed E-state index contributed by atoms with van der Waals surface area (Å²) in [4.78, 5) is 16.3. The number of alkyl halides is 3. The quantitative estimate of drug-likeness (QED) is 0.139. The number of hydrogen-bond donors (Lipinski definition) is 1. The van der Waals surface area contributed by atoms with E-state index in [0.29, 0.717) is 40.1 Å². The predicted molar refractivity (Wildman–Crippen MR) is 179 cm³/mol. The van der Waals surface area contributed by atoms with E-state index in [1.165, 1.54) is 29.9 Å². The van der Waals surface area contributed by atoms with Gasteiger partial charge >= 0.3 is 6.18 Å². The lowest BCUT2D eigenvalue weighted by Crippen LogP contribution is -2.30. The first-order chi connectivity index (χ1) is 20.6. The van der Waals surface area contributed by atoms with Gasteiger partial charge in [0.05, 0.1) is 21.5 Å². The van der Waals surface area contributed by atoms with Crippen LogP contribution >= 0.6 is 9.24 Å². The number of carbonyl (C=O) groups is 1. The summed E-state index contributed by atoms with van der Waals surface area (Å²) < 4.78 is 59.8. The van der Waals surface area contributed by atoms with E-state index in [2.05, 4.69) is 50.1 Å². The maximum atomic E-state index is 13.1. The molecule has 0 aliphatic rings. The number of ketones is 1. The summed E-state index contributed by atoms with van der Waals surface area (Å²) in [5.74, 6) is 0.354. The van der Waals surface area contributed by atoms with Gasteiger partial charge in [0.2, 0.25) is 0 Å². The molecule has 0 bridgehead atoms. The number of methoxy groups -OCH3 is 1. The number of ether oxygens (including phenoxy) is 1.